The zero-order valence-corrected chi connectivity index (χ0v) is 14.1. The second kappa shape index (κ2) is 7.28. The molecule has 2 aromatic rings. The van der Waals surface area contributed by atoms with Crippen LogP contribution in [0.3, 0.4) is 0 Å². The summed E-state index contributed by atoms with van der Waals surface area (Å²) < 4.78 is 1.61. The molecule has 1 N–H and O–H groups in total. The molecule has 0 atom stereocenters. The van der Waals surface area contributed by atoms with Crippen LogP contribution in [-0.4, -0.2) is 40.1 Å². The van der Waals surface area contributed by atoms with E-state index >= 15 is 0 Å². The van der Waals surface area contributed by atoms with Crippen molar-refractivity contribution in [2.45, 2.75) is 13.5 Å². The first-order valence-corrected chi connectivity index (χ1v) is 7.52. The van der Waals surface area contributed by atoms with Crippen molar-refractivity contribution in [2.75, 3.05) is 13.6 Å². The molecule has 122 valence electrons. The molecule has 1 aromatic carbocycles. The Kier molecular flexibility index (Phi) is 5.39. The van der Waals surface area contributed by atoms with Crippen molar-refractivity contribution in [3.8, 4) is 0 Å². The topological polar surface area (TPSA) is 67.2 Å². The van der Waals surface area contributed by atoms with Gasteiger partial charge in [0.1, 0.15) is 5.69 Å². The number of nitrogens with one attached hydrogen (secondary N) is 1. The second-order valence-corrected chi connectivity index (χ2v) is 5.79. The van der Waals surface area contributed by atoms with Gasteiger partial charge >= 0.3 is 0 Å². The molecular formula is C16H19ClN4O2. The van der Waals surface area contributed by atoms with Crippen molar-refractivity contribution >= 4 is 23.4 Å². The fourth-order valence-corrected chi connectivity index (χ4v) is 2.13. The van der Waals surface area contributed by atoms with Crippen LogP contribution in [0.2, 0.25) is 5.02 Å². The SMILES string of the molecule is Cc1cc(C(=O)NCC(=O)N(C)Cc2ccc(Cl)cc2)nn1C. The molecule has 0 radical (unpaired) electrons. The molecule has 1 aromatic heterocycles. The average Bonchev–Trinajstić information content (AvgIpc) is 2.86. The predicted molar refractivity (Wildman–Crippen MR) is 88.2 cm³/mol. The molecule has 0 aliphatic carbocycles. The zero-order valence-electron chi connectivity index (χ0n) is 13.3. The van der Waals surface area contributed by atoms with E-state index in [9.17, 15) is 9.59 Å². The third kappa shape index (κ3) is 4.56. The van der Waals surface area contributed by atoms with Gasteiger partial charge in [-0.1, -0.05) is 23.7 Å². The van der Waals surface area contributed by atoms with E-state index in [1.165, 1.54) is 0 Å². The quantitative estimate of drug-likeness (QED) is 0.906. The Morgan fingerprint density at radius 1 is 1.30 bits per heavy atom. The van der Waals surface area contributed by atoms with Crippen LogP contribution >= 0.6 is 11.6 Å². The summed E-state index contributed by atoms with van der Waals surface area (Å²) in [6.45, 7) is 2.24. The second-order valence-electron chi connectivity index (χ2n) is 5.35. The Balaban J connectivity index is 1.86. The van der Waals surface area contributed by atoms with Gasteiger partial charge in [-0.3, -0.25) is 14.3 Å². The molecule has 6 nitrogen and oxygen atoms in total. The number of hydrogen-bond donors (Lipinski definition) is 1. The van der Waals surface area contributed by atoms with Gasteiger partial charge in [-0.15, -0.1) is 0 Å². The average molecular weight is 335 g/mol. The smallest absolute Gasteiger partial charge is 0.272 e. The summed E-state index contributed by atoms with van der Waals surface area (Å²) in [4.78, 5) is 25.6. The molecule has 0 spiro atoms. The first-order chi connectivity index (χ1) is 10.9. The van der Waals surface area contributed by atoms with Crippen LogP contribution in [-0.2, 0) is 18.4 Å². The predicted octanol–water partition coefficient (Wildman–Crippen LogP) is 1.77. The van der Waals surface area contributed by atoms with E-state index in [2.05, 4.69) is 10.4 Å². The molecular weight excluding hydrogens is 316 g/mol. The van der Waals surface area contributed by atoms with E-state index in [1.54, 1.807) is 41.9 Å². The van der Waals surface area contributed by atoms with Crippen LogP contribution in [0.15, 0.2) is 30.3 Å². The zero-order chi connectivity index (χ0) is 17.0. The normalized spacial score (nSPS) is 10.4. The lowest BCUT2D eigenvalue weighted by atomic mass is 10.2. The summed E-state index contributed by atoms with van der Waals surface area (Å²) in [5.41, 5.74) is 2.15. The molecule has 23 heavy (non-hydrogen) atoms. The maximum absolute atomic E-state index is 12.1. The van der Waals surface area contributed by atoms with E-state index < -0.39 is 0 Å². The highest BCUT2D eigenvalue weighted by molar-refractivity contribution is 6.30. The lowest BCUT2D eigenvalue weighted by Crippen LogP contribution is -2.38. The molecule has 1 heterocycles. The minimum atomic E-state index is -0.359. The maximum Gasteiger partial charge on any atom is 0.272 e. The van der Waals surface area contributed by atoms with Crippen LogP contribution < -0.4 is 5.32 Å². The van der Waals surface area contributed by atoms with E-state index in [0.717, 1.165) is 11.3 Å². The fourth-order valence-electron chi connectivity index (χ4n) is 2.00. The summed E-state index contributed by atoms with van der Waals surface area (Å²) in [5.74, 6) is -0.539. The molecule has 2 amide bonds. The van der Waals surface area contributed by atoms with Crippen LogP contribution in [0.4, 0.5) is 0 Å². The van der Waals surface area contributed by atoms with Crippen molar-refractivity contribution in [1.29, 1.82) is 0 Å². The van der Waals surface area contributed by atoms with Gasteiger partial charge in [0, 0.05) is 31.4 Å². The van der Waals surface area contributed by atoms with Crippen molar-refractivity contribution in [2.24, 2.45) is 7.05 Å². The Labute approximate surface area is 140 Å². The van der Waals surface area contributed by atoms with Gasteiger partial charge in [-0.05, 0) is 30.7 Å². The lowest BCUT2D eigenvalue weighted by Gasteiger charge is -2.17. The number of likely N-dealkylation sites (N-methyl/N-ethyl adjacent to an activating group) is 1. The number of nitrogens with zero attached hydrogens (tertiary/aromatic N) is 3. The Bertz CT molecular complexity index is 690. The first-order valence-electron chi connectivity index (χ1n) is 7.14. The first kappa shape index (κ1) is 17.0. The minimum absolute atomic E-state index is 0.0709. The maximum atomic E-state index is 12.1. The van der Waals surface area contributed by atoms with Gasteiger partial charge in [0.25, 0.3) is 5.91 Å². The molecule has 0 saturated heterocycles. The molecule has 0 aliphatic heterocycles. The lowest BCUT2D eigenvalue weighted by molar-refractivity contribution is -0.129. The number of benzene rings is 1. The van der Waals surface area contributed by atoms with E-state index in [1.807, 2.05) is 19.1 Å². The highest BCUT2D eigenvalue weighted by Gasteiger charge is 2.14. The number of amides is 2. The fraction of sp³-hybridized carbons (Fsp3) is 0.312. The van der Waals surface area contributed by atoms with E-state index in [4.69, 9.17) is 11.6 Å². The summed E-state index contributed by atoms with van der Waals surface area (Å²) >= 11 is 5.83. The molecule has 2 rings (SSSR count). The third-order valence-corrected chi connectivity index (χ3v) is 3.76. The molecule has 0 fully saturated rings. The molecule has 0 aliphatic rings. The largest absolute Gasteiger partial charge is 0.342 e. The highest BCUT2D eigenvalue weighted by Crippen LogP contribution is 2.11. The van der Waals surface area contributed by atoms with Gasteiger partial charge in [0.15, 0.2) is 0 Å². The monoisotopic (exact) mass is 334 g/mol. The van der Waals surface area contributed by atoms with Crippen LogP contribution in [0, 0.1) is 6.92 Å². The number of aryl methyl sites for hydroxylation is 2. The Morgan fingerprint density at radius 2 is 1.96 bits per heavy atom. The number of rotatable bonds is 5. The van der Waals surface area contributed by atoms with E-state index in [0.29, 0.717) is 17.3 Å². The van der Waals surface area contributed by atoms with Crippen LogP contribution in [0.5, 0.6) is 0 Å². The van der Waals surface area contributed by atoms with Crippen LogP contribution in [0.1, 0.15) is 21.7 Å². The van der Waals surface area contributed by atoms with Crippen LogP contribution in [0.25, 0.3) is 0 Å². The summed E-state index contributed by atoms with van der Waals surface area (Å²) in [5, 5.41) is 7.32. The summed E-state index contributed by atoms with van der Waals surface area (Å²) in [7, 11) is 3.45. The Morgan fingerprint density at radius 3 is 2.52 bits per heavy atom. The molecule has 0 unspecified atom stereocenters. The highest BCUT2D eigenvalue weighted by atomic mass is 35.5. The molecule has 0 bridgehead atoms. The molecule has 7 heteroatoms. The van der Waals surface area contributed by atoms with Gasteiger partial charge in [-0.25, -0.2) is 0 Å². The van der Waals surface area contributed by atoms with Gasteiger partial charge in [0.2, 0.25) is 5.91 Å². The Hall–Kier alpha value is -2.34. The van der Waals surface area contributed by atoms with Gasteiger partial charge in [-0.2, -0.15) is 5.10 Å². The third-order valence-electron chi connectivity index (χ3n) is 3.51. The van der Waals surface area contributed by atoms with E-state index in [-0.39, 0.29) is 18.4 Å². The molecule has 0 saturated carbocycles. The van der Waals surface area contributed by atoms with Gasteiger partial charge in [0.05, 0.1) is 6.54 Å². The number of carbonyl (C=O) groups excluding carboxylic acids is 2. The number of halogens is 1. The van der Waals surface area contributed by atoms with Crippen molar-refractivity contribution in [3.63, 3.8) is 0 Å². The summed E-state index contributed by atoms with van der Waals surface area (Å²) in [6, 6.07) is 8.96. The number of hydrogen-bond acceptors (Lipinski definition) is 3. The van der Waals surface area contributed by atoms with Gasteiger partial charge < -0.3 is 10.2 Å². The number of aromatic nitrogens is 2. The van der Waals surface area contributed by atoms with Crippen molar-refractivity contribution < 1.29 is 9.59 Å². The van der Waals surface area contributed by atoms with Crippen molar-refractivity contribution in [3.05, 3.63) is 52.3 Å². The number of carbonyl (C=O) groups is 2. The minimum Gasteiger partial charge on any atom is -0.342 e. The summed E-state index contributed by atoms with van der Waals surface area (Å²) in [6.07, 6.45) is 0. The standard InChI is InChI=1S/C16H19ClN4O2/c1-11-8-14(19-21(11)3)16(23)18-9-15(22)20(2)10-12-4-6-13(17)7-5-12/h4-8H,9-10H2,1-3H3,(H,18,23). The van der Waals surface area contributed by atoms with Crippen molar-refractivity contribution in [1.82, 2.24) is 20.0 Å².